The van der Waals surface area contributed by atoms with Gasteiger partial charge in [-0.1, -0.05) is 6.92 Å². The van der Waals surface area contributed by atoms with Gasteiger partial charge in [-0.15, -0.1) is 0 Å². The van der Waals surface area contributed by atoms with Crippen LogP contribution < -0.4 is 4.74 Å². The van der Waals surface area contributed by atoms with Crippen LogP contribution in [-0.4, -0.2) is 85.7 Å². The SMILES string of the molecule is CCCc1ccc(CN2CCO[C@@](COc3ccc(F)cc3)(CC(=O)N3CCN(C)CC3)C2)o1. The van der Waals surface area contributed by atoms with E-state index in [1.165, 1.54) is 12.1 Å². The van der Waals surface area contributed by atoms with E-state index >= 15 is 0 Å². The standard InChI is InChI=1S/C26H36FN3O4/c1-3-4-23-9-10-24(34-23)18-29-15-16-33-26(19-29,20-32-22-7-5-21(27)6-8-22)17-25(31)30-13-11-28(2)12-14-30/h5-10H,3-4,11-20H2,1-2H3/t26-/m0/s1. The lowest BCUT2D eigenvalue weighted by Crippen LogP contribution is -2.58. The lowest BCUT2D eigenvalue weighted by Gasteiger charge is -2.43. The van der Waals surface area contributed by atoms with Gasteiger partial charge in [-0.05, 0) is 49.9 Å². The minimum absolute atomic E-state index is 0.0842. The quantitative estimate of drug-likeness (QED) is 0.558. The van der Waals surface area contributed by atoms with Crippen LogP contribution in [0.5, 0.6) is 5.75 Å². The third kappa shape index (κ3) is 6.58. The van der Waals surface area contributed by atoms with Crippen molar-refractivity contribution in [1.29, 1.82) is 0 Å². The monoisotopic (exact) mass is 473 g/mol. The van der Waals surface area contributed by atoms with Crippen molar-refractivity contribution in [2.45, 2.75) is 38.3 Å². The number of carbonyl (C=O) groups is 1. The number of hydrogen-bond donors (Lipinski definition) is 0. The Bertz CT molecular complexity index is 926. The molecule has 8 heteroatoms. The first-order valence-electron chi connectivity index (χ1n) is 12.2. The number of benzene rings is 1. The van der Waals surface area contributed by atoms with Crippen molar-refractivity contribution in [3.63, 3.8) is 0 Å². The number of nitrogens with zero attached hydrogens (tertiary/aromatic N) is 3. The zero-order chi connectivity index (χ0) is 24.0. The Morgan fingerprint density at radius 2 is 1.79 bits per heavy atom. The van der Waals surface area contributed by atoms with E-state index in [4.69, 9.17) is 13.9 Å². The van der Waals surface area contributed by atoms with E-state index in [1.807, 2.05) is 17.0 Å². The second kappa shape index (κ2) is 11.3. The maximum absolute atomic E-state index is 13.3. The van der Waals surface area contributed by atoms with Crippen molar-refractivity contribution in [2.75, 3.05) is 59.5 Å². The molecule has 1 amide bonds. The largest absolute Gasteiger partial charge is 0.491 e. The number of furan rings is 1. The number of likely N-dealkylation sites (N-methyl/N-ethyl adjacent to an activating group) is 1. The highest BCUT2D eigenvalue weighted by Gasteiger charge is 2.41. The van der Waals surface area contributed by atoms with Gasteiger partial charge in [0.05, 0.1) is 19.6 Å². The van der Waals surface area contributed by atoms with Crippen molar-refractivity contribution in [3.8, 4) is 5.75 Å². The maximum Gasteiger partial charge on any atom is 0.225 e. The molecule has 7 nitrogen and oxygen atoms in total. The summed E-state index contributed by atoms with van der Waals surface area (Å²) in [5.74, 6) is 2.25. The van der Waals surface area contributed by atoms with Gasteiger partial charge in [-0.2, -0.15) is 0 Å². The normalized spacial score (nSPS) is 22.1. The smallest absolute Gasteiger partial charge is 0.225 e. The van der Waals surface area contributed by atoms with Gasteiger partial charge < -0.3 is 23.7 Å². The second-order valence-corrected chi connectivity index (χ2v) is 9.46. The average Bonchev–Trinajstić information content (AvgIpc) is 3.26. The summed E-state index contributed by atoms with van der Waals surface area (Å²) in [7, 11) is 2.07. The van der Waals surface area contributed by atoms with Crippen LogP contribution in [0.2, 0.25) is 0 Å². The molecule has 4 rings (SSSR count). The molecule has 0 spiro atoms. The molecule has 3 heterocycles. The van der Waals surface area contributed by atoms with E-state index in [-0.39, 0.29) is 24.8 Å². The van der Waals surface area contributed by atoms with Gasteiger partial charge in [0.2, 0.25) is 5.91 Å². The molecule has 0 N–H and O–H groups in total. The summed E-state index contributed by atoms with van der Waals surface area (Å²) in [6.07, 6.45) is 2.22. The van der Waals surface area contributed by atoms with E-state index < -0.39 is 5.60 Å². The lowest BCUT2D eigenvalue weighted by molar-refractivity contribution is -0.158. The van der Waals surface area contributed by atoms with Crippen molar-refractivity contribution in [1.82, 2.24) is 14.7 Å². The van der Waals surface area contributed by atoms with Crippen molar-refractivity contribution in [3.05, 3.63) is 53.7 Å². The highest BCUT2D eigenvalue weighted by Crippen LogP contribution is 2.27. The predicted octanol–water partition coefficient (Wildman–Crippen LogP) is 3.19. The summed E-state index contributed by atoms with van der Waals surface area (Å²) < 4.78 is 31.6. The third-order valence-corrected chi connectivity index (χ3v) is 6.57. The molecular weight excluding hydrogens is 437 g/mol. The van der Waals surface area contributed by atoms with Gasteiger partial charge in [-0.3, -0.25) is 9.69 Å². The maximum atomic E-state index is 13.3. The molecule has 2 fully saturated rings. The molecule has 186 valence electrons. The molecule has 0 bridgehead atoms. The molecule has 1 aromatic carbocycles. The van der Waals surface area contributed by atoms with Crippen LogP contribution in [0.15, 0.2) is 40.8 Å². The lowest BCUT2D eigenvalue weighted by atomic mass is 9.96. The van der Waals surface area contributed by atoms with Crippen LogP contribution in [0.4, 0.5) is 4.39 Å². The minimum Gasteiger partial charge on any atom is -0.491 e. The summed E-state index contributed by atoms with van der Waals surface area (Å²) in [6, 6.07) is 10.0. The molecule has 34 heavy (non-hydrogen) atoms. The number of piperazine rings is 1. The summed E-state index contributed by atoms with van der Waals surface area (Å²) in [5.41, 5.74) is -0.786. The van der Waals surface area contributed by atoms with Crippen LogP contribution >= 0.6 is 0 Å². The first kappa shape index (κ1) is 24.7. The molecule has 0 unspecified atom stereocenters. The first-order chi connectivity index (χ1) is 16.4. The number of amides is 1. The molecule has 1 atom stereocenters. The number of aryl methyl sites for hydroxylation is 1. The molecular formula is C26H36FN3O4. The van der Waals surface area contributed by atoms with Gasteiger partial charge in [0.1, 0.15) is 35.3 Å². The average molecular weight is 474 g/mol. The van der Waals surface area contributed by atoms with Gasteiger partial charge >= 0.3 is 0 Å². The number of morpholine rings is 1. The van der Waals surface area contributed by atoms with E-state index in [0.29, 0.717) is 25.4 Å². The highest BCUT2D eigenvalue weighted by molar-refractivity contribution is 5.77. The van der Waals surface area contributed by atoms with Crippen LogP contribution in [0.3, 0.4) is 0 Å². The van der Waals surface area contributed by atoms with Crippen LogP contribution in [0, 0.1) is 5.82 Å². The molecule has 2 saturated heterocycles. The second-order valence-electron chi connectivity index (χ2n) is 9.46. The van der Waals surface area contributed by atoms with Gasteiger partial charge in [0.15, 0.2) is 0 Å². The number of hydrogen-bond acceptors (Lipinski definition) is 6. The Labute approximate surface area is 201 Å². The summed E-state index contributed by atoms with van der Waals surface area (Å²) >= 11 is 0. The third-order valence-electron chi connectivity index (χ3n) is 6.57. The Morgan fingerprint density at radius 3 is 2.53 bits per heavy atom. The van der Waals surface area contributed by atoms with Gasteiger partial charge in [0.25, 0.3) is 0 Å². The van der Waals surface area contributed by atoms with Gasteiger partial charge in [-0.25, -0.2) is 4.39 Å². The number of rotatable bonds is 9. The number of ether oxygens (including phenoxy) is 2. The summed E-state index contributed by atoms with van der Waals surface area (Å²) in [5, 5.41) is 0. The van der Waals surface area contributed by atoms with E-state index in [9.17, 15) is 9.18 Å². The number of halogens is 1. The molecule has 2 aliphatic heterocycles. The highest BCUT2D eigenvalue weighted by atomic mass is 19.1. The minimum atomic E-state index is -0.786. The zero-order valence-corrected chi connectivity index (χ0v) is 20.3. The van der Waals surface area contributed by atoms with Crippen LogP contribution in [0.1, 0.15) is 31.3 Å². The van der Waals surface area contributed by atoms with Crippen molar-refractivity contribution < 1.29 is 23.1 Å². The number of carbonyl (C=O) groups excluding carboxylic acids is 1. The Morgan fingerprint density at radius 1 is 1.06 bits per heavy atom. The Balaban J connectivity index is 1.45. The fourth-order valence-corrected chi connectivity index (χ4v) is 4.60. The van der Waals surface area contributed by atoms with Crippen LogP contribution in [-0.2, 0) is 22.5 Å². The molecule has 2 aromatic rings. The fourth-order valence-electron chi connectivity index (χ4n) is 4.60. The topological polar surface area (TPSA) is 58.4 Å². The van der Waals surface area contributed by atoms with Crippen molar-refractivity contribution in [2.24, 2.45) is 0 Å². The van der Waals surface area contributed by atoms with E-state index in [0.717, 1.165) is 57.1 Å². The molecule has 2 aliphatic rings. The summed E-state index contributed by atoms with van der Waals surface area (Å²) in [6.45, 7) is 8.01. The molecule has 0 saturated carbocycles. The predicted molar refractivity (Wildman–Crippen MR) is 127 cm³/mol. The zero-order valence-electron chi connectivity index (χ0n) is 20.3. The molecule has 0 aliphatic carbocycles. The Kier molecular flexibility index (Phi) is 8.24. The van der Waals surface area contributed by atoms with Gasteiger partial charge in [0, 0.05) is 45.7 Å². The van der Waals surface area contributed by atoms with E-state index in [1.54, 1.807) is 12.1 Å². The fraction of sp³-hybridized carbons (Fsp3) is 0.577. The van der Waals surface area contributed by atoms with E-state index in [2.05, 4.69) is 23.8 Å². The molecule has 0 radical (unpaired) electrons. The van der Waals surface area contributed by atoms with Crippen LogP contribution in [0.25, 0.3) is 0 Å². The molecule has 1 aromatic heterocycles. The van der Waals surface area contributed by atoms with Crippen molar-refractivity contribution >= 4 is 5.91 Å². The summed E-state index contributed by atoms with van der Waals surface area (Å²) in [4.78, 5) is 19.7. The first-order valence-corrected chi connectivity index (χ1v) is 12.2. The Hall–Kier alpha value is -2.42.